The molecule has 2 aromatic carbocycles. The Bertz CT molecular complexity index is 1580. The second kappa shape index (κ2) is 14.8. The first-order chi connectivity index (χ1) is 22.7. The fourth-order valence-corrected chi connectivity index (χ4v) is 6.78. The van der Waals surface area contributed by atoms with Gasteiger partial charge in [-0.05, 0) is 36.6 Å². The summed E-state index contributed by atoms with van der Waals surface area (Å²) in [4.78, 5) is 2.35. The van der Waals surface area contributed by atoms with Crippen LogP contribution in [0.1, 0.15) is 17.5 Å². The van der Waals surface area contributed by atoms with E-state index in [1.165, 1.54) is 0 Å². The van der Waals surface area contributed by atoms with E-state index < -0.39 is 74.3 Å². The van der Waals surface area contributed by atoms with Crippen molar-refractivity contribution in [1.82, 2.24) is 9.47 Å². The van der Waals surface area contributed by atoms with Gasteiger partial charge in [-0.3, -0.25) is 4.90 Å². The predicted octanol–water partition coefficient (Wildman–Crippen LogP) is -1.90. The Morgan fingerprint density at radius 2 is 1.30 bits per heavy atom. The minimum atomic E-state index is -1.50. The number of ether oxygens (including phenoxy) is 3. The van der Waals surface area contributed by atoms with Gasteiger partial charge in [-0.15, -0.1) is 0 Å². The fraction of sp³-hybridized carbons (Fsp3) is 0.588. The van der Waals surface area contributed by atoms with Crippen LogP contribution < -0.4 is 0 Å². The third-order valence-electron chi connectivity index (χ3n) is 9.63. The molecule has 8 N–H and O–H groups in total. The lowest BCUT2D eigenvalue weighted by atomic mass is 9.92. The van der Waals surface area contributed by atoms with Gasteiger partial charge in [0.25, 0.3) is 0 Å². The molecule has 3 fully saturated rings. The molecule has 3 aromatic rings. The molecule has 0 unspecified atom stereocenters. The maximum atomic E-state index is 10.5. The molecule has 3 aliphatic heterocycles. The van der Waals surface area contributed by atoms with Crippen LogP contribution in [0.2, 0.25) is 0 Å². The van der Waals surface area contributed by atoms with Crippen LogP contribution in [0, 0.1) is 11.8 Å². The summed E-state index contributed by atoms with van der Waals surface area (Å²) in [6.07, 6.45) is -11.4. The summed E-state index contributed by atoms with van der Waals surface area (Å²) < 4.78 is 19.0. The number of aromatic nitrogens is 1. The van der Waals surface area contributed by atoms with Crippen molar-refractivity contribution < 1.29 is 55.1 Å². The molecule has 0 saturated carbocycles. The zero-order valence-electron chi connectivity index (χ0n) is 26.0. The molecule has 6 rings (SSSR count). The molecule has 0 bridgehead atoms. The monoisotopic (exact) mass is 656 g/mol. The highest BCUT2D eigenvalue weighted by atomic mass is 16.6. The first-order valence-electron chi connectivity index (χ1n) is 16.2. The van der Waals surface area contributed by atoms with Gasteiger partial charge in [0.1, 0.15) is 54.9 Å². The third kappa shape index (κ3) is 7.06. The van der Waals surface area contributed by atoms with E-state index in [4.69, 9.17) is 14.2 Å². The molecule has 13 nitrogen and oxygen atoms in total. The summed E-state index contributed by atoms with van der Waals surface area (Å²) in [6, 6.07) is 12.0. The average molecular weight is 657 g/mol. The molecule has 13 heteroatoms. The fourth-order valence-electron chi connectivity index (χ4n) is 6.78. The lowest BCUT2D eigenvalue weighted by molar-refractivity contribution is -0.230. The van der Waals surface area contributed by atoms with Crippen molar-refractivity contribution in [2.24, 2.45) is 0 Å². The minimum absolute atomic E-state index is 0.374. The van der Waals surface area contributed by atoms with Crippen LogP contribution in [0.15, 0.2) is 36.4 Å². The number of hydrogen-bond donors (Lipinski definition) is 8. The van der Waals surface area contributed by atoms with Crippen molar-refractivity contribution in [1.29, 1.82) is 0 Å². The first kappa shape index (κ1) is 34.2. The molecule has 0 aliphatic carbocycles. The number of benzene rings is 2. The van der Waals surface area contributed by atoms with E-state index in [2.05, 4.69) is 33.4 Å². The highest BCUT2D eigenvalue weighted by molar-refractivity contribution is 6.08. The van der Waals surface area contributed by atoms with Crippen LogP contribution in [0.3, 0.4) is 0 Å². The van der Waals surface area contributed by atoms with Crippen LogP contribution in [0.4, 0.5) is 0 Å². The van der Waals surface area contributed by atoms with Crippen molar-refractivity contribution in [2.45, 2.75) is 80.4 Å². The summed E-state index contributed by atoms with van der Waals surface area (Å²) in [5.41, 5.74) is 3.62. The molecule has 47 heavy (non-hydrogen) atoms. The Hall–Kier alpha value is -2.68. The third-order valence-corrected chi connectivity index (χ3v) is 9.63. The number of morpholine rings is 1. The summed E-state index contributed by atoms with van der Waals surface area (Å²) in [7, 11) is 0. The number of aliphatic hydroxyl groups is 8. The number of fused-ring (bicyclic) bond motifs is 3. The van der Waals surface area contributed by atoms with Gasteiger partial charge in [-0.25, -0.2) is 0 Å². The van der Waals surface area contributed by atoms with E-state index >= 15 is 0 Å². The van der Waals surface area contributed by atoms with E-state index in [9.17, 15) is 40.9 Å². The van der Waals surface area contributed by atoms with Crippen LogP contribution in [-0.2, 0) is 27.2 Å². The lowest BCUT2D eigenvalue weighted by Crippen LogP contribution is -2.58. The molecule has 0 spiro atoms. The van der Waals surface area contributed by atoms with E-state index in [1.807, 2.05) is 24.3 Å². The number of hydrogen-bond acceptors (Lipinski definition) is 12. The van der Waals surface area contributed by atoms with Gasteiger partial charge in [0, 0.05) is 48.0 Å². The van der Waals surface area contributed by atoms with Gasteiger partial charge >= 0.3 is 0 Å². The predicted molar refractivity (Wildman–Crippen MR) is 169 cm³/mol. The van der Waals surface area contributed by atoms with Crippen molar-refractivity contribution in [2.75, 3.05) is 46.1 Å². The van der Waals surface area contributed by atoms with E-state index in [1.54, 1.807) is 0 Å². The zero-order chi connectivity index (χ0) is 33.2. The maximum absolute atomic E-state index is 10.5. The molecule has 3 saturated heterocycles. The van der Waals surface area contributed by atoms with Gasteiger partial charge < -0.3 is 59.6 Å². The highest BCUT2D eigenvalue weighted by Gasteiger charge is 2.44. The largest absolute Gasteiger partial charge is 0.394 e. The minimum Gasteiger partial charge on any atom is -0.394 e. The van der Waals surface area contributed by atoms with Crippen LogP contribution in [0.25, 0.3) is 21.8 Å². The Morgan fingerprint density at radius 3 is 2.00 bits per heavy atom. The van der Waals surface area contributed by atoms with Gasteiger partial charge in [0.05, 0.1) is 38.0 Å². The molecular weight excluding hydrogens is 612 g/mol. The molecule has 0 radical (unpaired) electrons. The Balaban J connectivity index is 1.29. The summed E-state index contributed by atoms with van der Waals surface area (Å²) >= 11 is 0. The number of rotatable bonds is 8. The average Bonchev–Trinajstić information content (AvgIpc) is 3.40. The van der Waals surface area contributed by atoms with Gasteiger partial charge in [-0.1, -0.05) is 30.0 Å². The van der Waals surface area contributed by atoms with E-state index in [0.29, 0.717) is 38.2 Å². The molecule has 0 amide bonds. The summed E-state index contributed by atoms with van der Waals surface area (Å²) in [6.45, 7) is 3.57. The Morgan fingerprint density at radius 1 is 0.681 bits per heavy atom. The van der Waals surface area contributed by atoms with Crippen molar-refractivity contribution in [3.8, 4) is 11.8 Å². The van der Waals surface area contributed by atoms with Crippen LogP contribution >= 0.6 is 0 Å². The summed E-state index contributed by atoms with van der Waals surface area (Å²) in [5, 5.41) is 82.7. The second-order valence-electron chi connectivity index (χ2n) is 12.6. The van der Waals surface area contributed by atoms with Gasteiger partial charge in [0.2, 0.25) is 0 Å². The van der Waals surface area contributed by atoms with E-state index in [0.717, 1.165) is 47.0 Å². The molecule has 3 aliphatic rings. The van der Waals surface area contributed by atoms with Gasteiger partial charge in [-0.2, -0.15) is 0 Å². The number of nitrogens with zero attached hydrogens (tertiary/aromatic N) is 2. The molecule has 1 aromatic heterocycles. The van der Waals surface area contributed by atoms with E-state index in [-0.39, 0.29) is 0 Å². The topological polar surface area (TPSA) is 198 Å². The number of aliphatic hydroxyl groups excluding tert-OH is 8. The standard InChI is InChI=1S/C34H44N2O11/c37-17-27-31(41)33(43)29(39)25(46-27)7-3-19-1-5-21-22-6-2-20(4-8-26-30(40)34(44)32(42)28(18-38)47-26)16-24(22)36(23(21)15-19)10-9-35-11-13-45-14-12-35/h1-2,5-6,15-16,25-34,37-44H,3,7,9-14,17-18H2/t25-,26-,27-,28-,29-,30-,31-,32-,33-,34-/m1/s1. The summed E-state index contributed by atoms with van der Waals surface area (Å²) in [5.74, 6) is 5.90. The molecule has 256 valence electrons. The Labute approximate surface area is 272 Å². The molecular formula is C34H44N2O11. The van der Waals surface area contributed by atoms with Crippen LogP contribution in [0.5, 0.6) is 0 Å². The molecule has 10 atom stereocenters. The van der Waals surface area contributed by atoms with Crippen molar-refractivity contribution >= 4 is 21.8 Å². The normalized spacial score (nSPS) is 33.6. The smallest absolute Gasteiger partial charge is 0.147 e. The SMILES string of the molecule is OC[C@H]1O[C@H](CCc2ccc3c4ccc(C#C[C@H]5O[C@H](CO)[C@@H](O)[C@H](O)[C@@H]5O)cc4n(CCN4CCOCC4)c3c2)[C@@H](O)[C@@H](O)[C@@H]1O. The highest BCUT2D eigenvalue weighted by Crippen LogP contribution is 2.32. The number of aryl methyl sites for hydroxylation is 1. The second-order valence-corrected chi connectivity index (χ2v) is 12.6. The molecule has 4 heterocycles. The lowest BCUT2D eigenvalue weighted by Gasteiger charge is -2.40. The van der Waals surface area contributed by atoms with Crippen LogP contribution in [-0.4, -0.2) is 157 Å². The first-order valence-corrected chi connectivity index (χ1v) is 16.2. The van der Waals surface area contributed by atoms with Crippen molar-refractivity contribution in [3.63, 3.8) is 0 Å². The van der Waals surface area contributed by atoms with Crippen molar-refractivity contribution in [3.05, 3.63) is 47.5 Å². The quantitative estimate of drug-likeness (QED) is 0.126. The zero-order valence-corrected chi connectivity index (χ0v) is 26.0. The maximum Gasteiger partial charge on any atom is 0.147 e. The van der Waals surface area contributed by atoms with Gasteiger partial charge in [0.15, 0.2) is 0 Å². The Kier molecular flexibility index (Phi) is 10.8.